The molecule has 0 bridgehead atoms. The molecule has 0 aromatic heterocycles. The lowest BCUT2D eigenvalue weighted by Gasteiger charge is -2.26. The number of rotatable bonds is 9. The molecule has 0 aliphatic heterocycles. The molecule has 4 aromatic carbocycles. The van der Waals surface area contributed by atoms with Crippen LogP contribution in [0.25, 0.3) is 0 Å². The van der Waals surface area contributed by atoms with Crippen LogP contribution in [-0.2, 0) is 18.8 Å². The van der Waals surface area contributed by atoms with Crippen molar-refractivity contribution in [3.8, 4) is 11.5 Å². The van der Waals surface area contributed by atoms with Crippen LogP contribution in [0, 0.1) is 0 Å². The molecule has 36 heavy (non-hydrogen) atoms. The summed E-state index contributed by atoms with van der Waals surface area (Å²) in [4.78, 5) is 7.44. The van der Waals surface area contributed by atoms with E-state index >= 15 is 0 Å². The zero-order valence-corrected chi connectivity index (χ0v) is 22.8. The molecule has 0 unspecified atom stereocenters. The maximum atomic E-state index is 5.36. The average molecular weight is 562 g/mol. The highest BCUT2D eigenvalue weighted by Crippen LogP contribution is 2.26. The Morgan fingerprint density at radius 2 is 1.22 bits per heavy atom. The lowest BCUT2D eigenvalue weighted by atomic mass is 10.1. The van der Waals surface area contributed by atoms with Crippen LogP contribution in [0.1, 0.15) is 16.7 Å². The molecule has 0 fully saturated rings. The molecular formula is C30H29BrN2O2S. The highest BCUT2D eigenvalue weighted by molar-refractivity contribution is 9.10. The van der Waals surface area contributed by atoms with Gasteiger partial charge in [-0.25, -0.2) is 4.99 Å². The summed E-state index contributed by atoms with van der Waals surface area (Å²) >= 11 is 5.28. The summed E-state index contributed by atoms with van der Waals surface area (Å²) in [5, 5.41) is 0.966. The van der Waals surface area contributed by atoms with Crippen molar-refractivity contribution in [1.82, 2.24) is 4.90 Å². The van der Waals surface area contributed by atoms with Crippen LogP contribution in [0.2, 0.25) is 0 Å². The molecule has 0 amide bonds. The molecule has 0 spiro atoms. The highest BCUT2D eigenvalue weighted by Gasteiger charge is 2.15. The van der Waals surface area contributed by atoms with Crippen molar-refractivity contribution < 1.29 is 9.47 Å². The van der Waals surface area contributed by atoms with E-state index in [1.165, 1.54) is 16.7 Å². The first-order valence-electron chi connectivity index (χ1n) is 11.6. The molecule has 6 heteroatoms. The summed E-state index contributed by atoms with van der Waals surface area (Å²) in [7, 11) is 3.38. The zero-order chi connectivity index (χ0) is 25.2. The second-order valence-electron chi connectivity index (χ2n) is 8.20. The van der Waals surface area contributed by atoms with Gasteiger partial charge in [-0.05, 0) is 65.2 Å². The summed E-state index contributed by atoms with van der Waals surface area (Å²) in [6, 6.07) is 35.1. The van der Waals surface area contributed by atoms with E-state index in [1.54, 1.807) is 26.0 Å². The largest absolute Gasteiger partial charge is 0.497 e. The number of benzene rings is 4. The smallest absolute Gasteiger partial charge is 0.165 e. The predicted octanol–water partition coefficient (Wildman–Crippen LogP) is 8.09. The van der Waals surface area contributed by atoms with Gasteiger partial charge in [-0.3, -0.25) is 0 Å². The van der Waals surface area contributed by atoms with Crippen LogP contribution in [-0.4, -0.2) is 24.3 Å². The third-order valence-corrected chi connectivity index (χ3v) is 7.21. The number of hydrogen-bond donors (Lipinski definition) is 0. The molecule has 0 aliphatic rings. The molecule has 0 atom stereocenters. The first kappa shape index (κ1) is 25.9. The molecule has 184 valence electrons. The average Bonchev–Trinajstić information content (AvgIpc) is 2.93. The molecule has 0 saturated carbocycles. The van der Waals surface area contributed by atoms with E-state index in [0.717, 1.165) is 32.6 Å². The third-order valence-electron chi connectivity index (χ3n) is 5.60. The lowest BCUT2D eigenvalue weighted by molar-refractivity contribution is 0.405. The van der Waals surface area contributed by atoms with Gasteiger partial charge in [-0.2, -0.15) is 0 Å². The van der Waals surface area contributed by atoms with Gasteiger partial charge in [-0.1, -0.05) is 82.3 Å². The molecule has 0 heterocycles. The third kappa shape index (κ3) is 7.64. The molecule has 0 aliphatic carbocycles. The zero-order valence-electron chi connectivity index (χ0n) is 20.4. The topological polar surface area (TPSA) is 34.1 Å². The fourth-order valence-corrected chi connectivity index (χ4v) is 4.87. The number of nitrogens with zero attached hydrogens (tertiary/aromatic N) is 2. The van der Waals surface area contributed by atoms with E-state index in [1.807, 2.05) is 54.6 Å². The van der Waals surface area contributed by atoms with Crippen molar-refractivity contribution in [3.05, 3.63) is 124 Å². The van der Waals surface area contributed by atoms with Gasteiger partial charge < -0.3 is 14.4 Å². The van der Waals surface area contributed by atoms with Crippen LogP contribution < -0.4 is 9.47 Å². The van der Waals surface area contributed by atoms with E-state index in [2.05, 4.69) is 69.4 Å². The SMILES string of the molecule is COc1ccc(CN(Cc2ccc(OC)cc2)C(=Nc2ccc(Br)cc2)SCc2ccccc2)cc1. The van der Waals surface area contributed by atoms with E-state index in [0.29, 0.717) is 13.1 Å². The fourth-order valence-electron chi connectivity index (χ4n) is 3.64. The van der Waals surface area contributed by atoms with Gasteiger partial charge in [0.1, 0.15) is 11.5 Å². The maximum absolute atomic E-state index is 5.36. The van der Waals surface area contributed by atoms with Gasteiger partial charge >= 0.3 is 0 Å². The number of thioether (sulfide) groups is 1. The second kappa shape index (κ2) is 13.2. The highest BCUT2D eigenvalue weighted by atomic mass is 79.9. The minimum Gasteiger partial charge on any atom is -0.497 e. The standard InChI is InChI=1S/C30H29BrN2O2S/c1-34-28-16-8-23(9-17-28)20-33(21-24-10-18-29(35-2)19-11-24)30(32-27-14-12-26(31)13-15-27)36-22-25-6-4-3-5-7-25/h3-19H,20-22H2,1-2H3. The Balaban J connectivity index is 1.67. The Kier molecular flexibility index (Phi) is 9.47. The molecule has 0 N–H and O–H groups in total. The summed E-state index contributed by atoms with van der Waals surface area (Å²) in [5.74, 6) is 2.53. The van der Waals surface area contributed by atoms with Gasteiger partial charge in [0.25, 0.3) is 0 Å². The van der Waals surface area contributed by atoms with Gasteiger partial charge in [0.2, 0.25) is 0 Å². The summed E-state index contributed by atoms with van der Waals surface area (Å²) in [6.07, 6.45) is 0. The van der Waals surface area contributed by atoms with Crippen molar-refractivity contribution in [1.29, 1.82) is 0 Å². The number of hydrogen-bond acceptors (Lipinski definition) is 4. The van der Waals surface area contributed by atoms with Gasteiger partial charge in [0.05, 0.1) is 19.9 Å². The lowest BCUT2D eigenvalue weighted by Crippen LogP contribution is -2.28. The van der Waals surface area contributed by atoms with Gasteiger partial charge in [-0.15, -0.1) is 0 Å². The van der Waals surface area contributed by atoms with Crippen LogP contribution in [0.5, 0.6) is 11.5 Å². The van der Waals surface area contributed by atoms with Crippen molar-refractivity contribution in [2.45, 2.75) is 18.8 Å². The Bertz CT molecular complexity index is 1200. The Hall–Kier alpha value is -3.22. The normalized spacial score (nSPS) is 11.2. The quantitative estimate of drug-likeness (QED) is 0.153. The van der Waals surface area contributed by atoms with Gasteiger partial charge in [0, 0.05) is 23.3 Å². The van der Waals surface area contributed by atoms with Crippen LogP contribution >= 0.6 is 27.7 Å². The van der Waals surface area contributed by atoms with E-state index in [9.17, 15) is 0 Å². The molecule has 4 nitrogen and oxygen atoms in total. The molecule has 0 saturated heterocycles. The van der Waals surface area contributed by atoms with Crippen molar-refractivity contribution >= 4 is 38.5 Å². The van der Waals surface area contributed by atoms with Crippen molar-refractivity contribution in [3.63, 3.8) is 0 Å². The summed E-state index contributed by atoms with van der Waals surface area (Å²) in [6.45, 7) is 1.43. The monoisotopic (exact) mass is 560 g/mol. The van der Waals surface area contributed by atoms with E-state index in [4.69, 9.17) is 14.5 Å². The first-order valence-corrected chi connectivity index (χ1v) is 13.4. The Morgan fingerprint density at radius 3 is 1.72 bits per heavy atom. The minimum atomic E-state index is 0.715. The Morgan fingerprint density at radius 1 is 0.694 bits per heavy atom. The van der Waals surface area contributed by atoms with Crippen LogP contribution in [0.3, 0.4) is 0 Å². The number of amidine groups is 1. The predicted molar refractivity (Wildman–Crippen MR) is 154 cm³/mol. The number of methoxy groups -OCH3 is 2. The number of ether oxygens (including phenoxy) is 2. The van der Waals surface area contributed by atoms with Crippen molar-refractivity contribution in [2.75, 3.05) is 14.2 Å². The molecular weight excluding hydrogens is 532 g/mol. The number of halogens is 1. The Labute approximate surface area is 226 Å². The molecule has 4 rings (SSSR count). The molecule has 0 radical (unpaired) electrons. The van der Waals surface area contributed by atoms with Gasteiger partial charge in [0.15, 0.2) is 5.17 Å². The second-order valence-corrected chi connectivity index (χ2v) is 10.1. The van der Waals surface area contributed by atoms with Crippen LogP contribution in [0.4, 0.5) is 5.69 Å². The summed E-state index contributed by atoms with van der Waals surface area (Å²) in [5.41, 5.74) is 4.56. The minimum absolute atomic E-state index is 0.715. The van der Waals surface area contributed by atoms with E-state index < -0.39 is 0 Å². The van der Waals surface area contributed by atoms with Crippen molar-refractivity contribution in [2.24, 2.45) is 4.99 Å². The fraction of sp³-hybridized carbons (Fsp3) is 0.167. The first-order chi connectivity index (χ1) is 17.6. The van der Waals surface area contributed by atoms with E-state index in [-0.39, 0.29) is 0 Å². The maximum Gasteiger partial charge on any atom is 0.165 e. The number of aliphatic imine (C=N–C) groups is 1. The molecule has 4 aromatic rings. The van der Waals surface area contributed by atoms with Crippen LogP contribution in [0.15, 0.2) is 113 Å². The summed E-state index contributed by atoms with van der Waals surface area (Å²) < 4.78 is 11.8.